The minimum Gasteiger partial charge on any atom is -0.390 e. The number of hydrogen-bond donors (Lipinski definition) is 2. The van der Waals surface area contributed by atoms with Gasteiger partial charge < -0.3 is 15.3 Å². The number of hydrogen-bond acceptors (Lipinski definition) is 4. The zero-order chi connectivity index (χ0) is 12.3. The monoisotopic (exact) mass is 235 g/mol. The van der Waals surface area contributed by atoms with E-state index < -0.39 is 6.10 Å². The number of aliphatic hydroxyl groups is 1. The lowest BCUT2D eigenvalue weighted by Gasteiger charge is -2.26. The Morgan fingerprint density at radius 3 is 3.00 bits per heavy atom. The number of nitrogens with one attached hydrogen (secondary N) is 1. The van der Waals surface area contributed by atoms with Crippen LogP contribution in [0, 0.1) is 0 Å². The fourth-order valence-corrected chi connectivity index (χ4v) is 2.01. The van der Waals surface area contributed by atoms with Crippen molar-refractivity contribution in [1.82, 2.24) is 15.2 Å². The third-order valence-corrected chi connectivity index (χ3v) is 3.10. The first-order chi connectivity index (χ1) is 8.18. The molecule has 1 aromatic rings. The Kier molecular flexibility index (Phi) is 3.71. The minimum atomic E-state index is -0.479. The summed E-state index contributed by atoms with van der Waals surface area (Å²) in [5.41, 5.74) is 0.754. The minimum absolute atomic E-state index is 0.0172. The summed E-state index contributed by atoms with van der Waals surface area (Å²) in [5, 5.41) is 12.8. The fourth-order valence-electron chi connectivity index (χ4n) is 2.01. The van der Waals surface area contributed by atoms with Crippen LogP contribution in [0.25, 0.3) is 0 Å². The van der Waals surface area contributed by atoms with Gasteiger partial charge in [-0.2, -0.15) is 0 Å². The number of pyridine rings is 1. The summed E-state index contributed by atoms with van der Waals surface area (Å²) in [6.45, 7) is 1.19. The molecule has 2 atom stereocenters. The van der Waals surface area contributed by atoms with Crippen LogP contribution in [0.1, 0.15) is 5.69 Å². The van der Waals surface area contributed by atoms with Crippen molar-refractivity contribution in [3.63, 3.8) is 0 Å². The largest absolute Gasteiger partial charge is 0.390 e. The molecule has 2 heterocycles. The predicted molar refractivity (Wildman–Crippen MR) is 63.4 cm³/mol. The van der Waals surface area contributed by atoms with Crippen molar-refractivity contribution in [1.29, 1.82) is 0 Å². The van der Waals surface area contributed by atoms with Gasteiger partial charge in [0, 0.05) is 32.0 Å². The van der Waals surface area contributed by atoms with Crippen LogP contribution in [-0.2, 0) is 11.2 Å². The zero-order valence-electron chi connectivity index (χ0n) is 9.84. The highest BCUT2D eigenvalue weighted by Gasteiger charge is 2.30. The maximum absolute atomic E-state index is 12.0. The molecule has 2 rings (SSSR count). The van der Waals surface area contributed by atoms with Crippen LogP contribution in [0.5, 0.6) is 0 Å². The highest BCUT2D eigenvalue weighted by atomic mass is 16.3. The van der Waals surface area contributed by atoms with Gasteiger partial charge in [0.15, 0.2) is 0 Å². The second kappa shape index (κ2) is 5.25. The number of nitrogens with zero attached hydrogens (tertiary/aromatic N) is 2. The molecule has 5 nitrogen and oxygen atoms in total. The Labute approximate surface area is 100 Å². The molecule has 2 N–H and O–H groups in total. The Balaban J connectivity index is 1.96. The molecule has 1 aliphatic rings. The maximum Gasteiger partial charge on any atom is 0.228 e. The molecule has 0 aromatic carbocycles. The van der Waals surface area contributed by atoms with Crippen LogP contribution in [0.15, 0.2) is 24.4 Å². The lowest BCUT2D eigenvalue weighted by atomic mass is 10.1. The average molecular weight is 235 g/mol. The van der Waals surface area contributed by atoms with Crippen molar-refractivity contribution in [2.24, 2.45) is 0 Å². The highest BCUT2D eigenvalue weighted by Crippen LogP contribution is 2.09. The molecule has 0 bridgehead atoms. The van der Waals surface area contributed by atoms with Gasteiger partial charge >= 0.3 is 0 Å². The van der Waals surface area contributed by atoms with E-state index in [0.29, 0.717) is 13.1 Å². The van der Waals surface area contributed by atoms with Crippen LogP contribution >= 0.6 is 0 Å². The van der Waals surface area contributed by atoms with Gasteiger partial charge in [0.1, 0.15) is 0 Å². The first kappa shape index (κ1) is 12.0. The fraction of sp³-hybridized carbons (Fsp3) is 0.500. The highest BCUT2D eigenvalue weighted by molar-refractivity contribution is 5.78. The molecule has 1 aliphatic heterocycles. The molecule has 0 spiro atoms. The Bertz CT molecular complexity index is 383. The number of carbonyl (C=O) groups excluding carboxylic acids is 1. The van der Waals surface area contributed by atoms with Gasteiger partial charge in [-0.1, -0.05) is 6.07 Å². The van der Waals surface area contributed by atoms with Crippen molar-refractivity contribution in [2.45, 2.75) is 18.6 Å². The number of amides is 1. The van der Waals surface area contributed by atoms with E-state index in [1.54, 1.807) is 18.1 Å². The molecule has 1 saturated heterocycles. The normalized spacial score (nSPS) is 23.6. The van der Waals surface area contributed by atoms with Gasteiger partial charge in [0.2, 0.25) is 5.91 Å². The molecular weight excluding hydrogens is 218 g/mol. The Hall–Kier alpha value is -1.46. The van der Waals surface area contributed by atoms with Crippen molar-refractivity contribution in [2.75, 3.05) is 20.1 Å². The predicted octanol–water partition coefficient (Wildman–Crippen LogP) is -0.585. The second-order valence-electron chi connectivity index (χ2n) is 4.30. The summed E-state index contributed by atoms with van der Waals surface area (Å²) in [5.74, 6) is -0.0172. The molecule has 0 radical (unpaired) electrons. The van der Waals surface area contributed by atoms with E-state index in [1.165, 1.54) is 0 Å². The second-order valence-corrected chi connectivity index (χ2v) is 4.30. The SMILES string of the molecule is CN(C(=O)Cc1ccccn1)[C@@H]1CNC[C@H]1O. The van der Waals surface area contributed by atoms with Gasteiger partial charge in [-0.3, -0.25) is 9.78 Å². The van der Waals surface area contributed by atoms with Crippen LogP contribution in [0.2, 0.25) is 0 Å². The van der Waals surface area contributed by atoms with E-state index in [0.717, 1.165) is 5.69 Å². The summed E-state index contributed by atoms with van der Waals surface area (Å²) in [7, 11) is 1.73. The van der Waals surface area contributed by atoms with Gasteiger partial charge in [0.05, 0.1) is 18.6 Å². The third kappa shape index (κ3) is 2.81. The molecule has 92 valence electrons. The smallest absolute Gasteiger partial charge is 0.228 e. The van der Waals surface area contributed by atoms with E-state index in [2.05, 4.69) is 10.3 Å². The maximum atomic E-state index is 12.0. The molecule has 0 saturated carbocycles. The van der Waals surface area contributed by atoms with Gasteiger partial charge in [-0.05, 0) is 12.1 Å². The van der Waals surface area contributed by atoms with Crippen LogP contribution in [0.3, 0.4) is 0 Å². The standard InChI is InChI=1S/C12H17N3O2/c1-15(10-7-13-8-11(10)16)12(17)6-9-4-2-3-5-14-9/h2-5,10-11,13,16H,6-8H2,1H3/t10-,11-/m1/s1. The number of likely N-dealkylation sites (N-methyl/N-ethyl adjacent to an activating group) is 1. The molecule has 0 unspecified atom stereocenters. The number of aromatic nitrogens is 1. The van der Waals surface area contributed by atoms with Crippen LogP contribution < -0.4 is 5.32 Å². The summed E-state index contributed by atoms with van der Waals surface area (Å²) in [6.07, 6.45) is 1.47. The van der Waals surface area contributed by atoms with Gasteiger partial charge in [0.25, 0.3) is 0 Å². The molecule has 1 amide bonds. The zero-order valence-corrected chi connectivity index (χ0v) is 9.84. The summed E-state index contributed by atoms with van der Waals surface area (Å²) >= 11 is 0. The van der Waals surface area contributed by atoms with E-state index in [4.69, 9.17) is 0 Å². The topological polar surface area (TPSA) is 65.5 Å². The molecule has 1 fully saturated rings. The summed E-state index contributed by atoms with van der Waals surface area (Å²) in [4.78, 5) is 17.7. The number of aliphatic hydroxyl groups excluding tert-OH is 1. The Morgan fingerprint density at radius 1 is 1.59 bits per heavy atom. The first-order valence-electron chi connectivity index (χ1n) is 5.73. The van der Waals surface area contributed by atoms with Crippen molar-refractivity contribution < 1.29 is 9.90 Å². The molecular formula is C12H17N3O2. The molecule has 5 heteroatoms. The number of carbonyl (C=O) groups is 1. The molecule has 0 aliphatic carbocycles. The number of rotatable bonds is 3. The average Bonchev–Trinajstić information content (AvgIpc) is 2.76. The first-order valence-corrected chi connectivity index (χ1v) is 5.73. The van der Waals surface area contributed by atoms with Gasteiger partial charge in [-0.25, -0.2) is 0 Å². The van der Waals surface area contributed by atoms with E-state index in [9.17, 15) is 9.90 Å². The molecule has 1 aromatic heterocycles. The summed E-state index contributed by atoms with van der Waals surface area (Å²) in [6, 6.07) is 5.38. The van der Waals surface area contributed by atoms with Crippen molar-refractivity contribution in [3.05, 3.63) is 30.1 Å². The lowest BCUT2D eigenvalue weighted by molar-refractivity contribution is -0.132. The third-order valence-electron chi connectivity index (χ3n) is 3.10. The Morgan fingerprint density at radius 2 is 2.41 bits per heavy atom. The van der Waals surface area contributed by atoms with E-state index in [1.807, 2.05) is 18.2 Å². The van der Waals surface area contributed by atoms with Crippen molar-refractivity contribution >= 4 is 5.91 Å². The number of β-amino-alcohol motifs (C(OH)–C–C–N with tert-alkyl or cyclic N) is 1. The van der Waals surface area contributed by atoms with E-state index >= 15 is 0 Å². The summed E-state index contributed by atoms with van der Waals surface area (Å²) < 4.78 is 0. The van der Waals surface area contributed by atoms with Gasteiger partial charge in [-0.15, -0.1) is 0 Å². The van der Waals surface area contributed by atoms with E-state index in [-0.39, 0.29) is 18.4 Å². The molecule has 17 heavy (non-hydrogen) atoms. The van der Waals surface area contributed by atoms with Crippen LogP contribution in [-0.4, -0.2) is 53.2 Å². The van der Waals surface area contributed by atoms with Crippen LogP contribution in [0.4, 0.5) is 0 Å². The van der Waals surface area contributed by atoms with Crippen molar-refractivity contribution in [3.8, 4) is 0 Å². The lowest BCUT2D eigenvalue weighted by Crippen LogP contribution is -2.44. The quantitative estimate of drug-likeness (QED) is 0.735.